The maximum absolute atomic E-state index is 12.5. The van der Waals surface area contributed by atoms with E-state index in [9.17, 15) is 18.0 Å². The quantitative estimate of drug-likeness (QED) is 0.860. The molecule has 0 aromatic heterocycles. The highest BCUT2D eigenvalue weighted by Gasteiger charge is 2.33. The molecule has 0 atom stereocenters. The SMILES string of the molecule is C=C(COc1ccc(Cl)c(C(F)(F)F)c1)C(=O)O. The van der Waals surface area contributed by atoms with Crippen LogP contribution in [0.15, 0.2) is 30.4 Å². The predicted octanol–water partition coefficient (Wildman–Crippen LogP) is 3.38. The third-order valence-electron chi connectivity index (χ3n) is 1.96. The molecule has 1 aromatic rings. The summed E-state index contributed by atoms with van der Waals surface area (Å²) in [7, 11) is 0. The number of carboxylic acids is 1. The van der Waals surface area contributed by atoms with Crippen molar-refractivity contribution in [1.29, 1.82) is 0 Å². The first-order chi connectivity index (χ1) is 8.21. The largest absolute Gasteiger partial charge is 0.489 e. The molecule has 0 bridgehead atoms. The molecule has 0 saturated carbocycles. The van der Waals surface area contributed by atoms with Gasteiger partial charge in [-0.25, -0.2) is 4.79 Å². The number of halogens is 4. The van der Waals surface area contributed by atoms with Crippen LogP contribution < -0.4 is 4.74 Å². The molecular formula is C11H8ClF3O3. The van der Waals surface area contributed by atoms with Crippen LogP contribution in [0.2, 0.25) is 5.02 Å². The Bertz CT molecular complexity index is 483. The number of rotatable bonds is 4. The Labute approximate surface area is 105 Å². The third-order valence-corrected chi connectivity index (χ3v) is 2.29. The summed E-state index contributed by atoms with van der Waals surface area (Å²) in [4.78, 5) is 10.4. The smallest absolute Gasteiger partial charge is 0.417 e. The summed E-state index contributed by atoms with van der Waals surface area (Å²) in [5, 5.41) is 8.06. The van der Waals surface area contributed by atoms with Crippen LogP contribution in [-0.4, -0.2) is 17.7 Å². The first-order valence-corrected chi connectivity index (χ1v) is 5.00. The van der Waals surface area contributed by atoms with Gasteiger partial charge in [-0.1, -0.05) is 18.2 Å². The lowest BCUT2D eigenvalue weighted by atomic mass is 10.2. The first-order valence-electron chi connectivity index (χ1n) is 4.62. The fourth-order valence-corrected chi connectivity index (χ4v) is 1.27. The Kier molecular flexibility index (Phi) is 4.24. The fourth-order valence-electron chi connectivity index (χ4n) is 1.04. The van der Waals surface area contributed by atoms with E-state index in [-0.39, 0.29) is 11.3 Å². The molecule has 1 aromatic carbocycles. The lowest BCUT2D eigenvalue weighted by Crippen LogP contribution is -2.10. The Morgan fingerprint density at radius 2 is 2.06 bits per heavy atom. The molecule has 3 nitrogen and oxygen atoms in total. The maximum Gasteiger partial charge on any atom is 0.417 e. The molecule has 0 aliphatic heterocycles. The van der Waals surface area contributed by atoms with Gasteiger partial charge in [0.2, 0.25) is 0 Å². The second kappa shape index (κ2) is 5.30. The molecule has 0 saturated heterocycles. The Hall–Kier alpha value is -1.69. The van der Waals surface area contributed by atoms with Crippen molar-refractivity contribution < 1.29 is 27.8 Å². The molecule has 0 heterocycles. The molecular weight excluding hydrogens is 273 g/mol. The van der Waals surface area contributed by atoms with Crippen molar-refractivity contribution in [3.8, 4) is 5.75 Å². The van der Waals surface area contributed by atoms with Crippen molar-refractivity contribution in [2.45, 2.75) is 6.18 Å². The minimum Gasteiger partial charge on any atom is -0.489 e. The first kappa shape index (κ1) is 14.4. The standard InChI is InChI=1S/C11H8ClF3O3/c1-6(10(16)17)5-18-7-2-3-9(12)8(4-7)11(13,14)15/h2-4H,1,5H2,(H,16,17). The van der Waals surface area contributed by atoms with Gasteiger partial charge in [-0.3, -0.25) is 0 Å². The van der Waals surface area contributed by atoms with Gasteiger partial charge in [-0.05, 0) is 18.2 Å². The van der Waals surface area contributed by atoms with Gasteiger partial charge in [-0.15, -0.1) is 0 Å². The minimum absolute atomic E-state index is 0.130. The molecule has 7 heteroatoms. The van der Waals surface area contributed by atoms with Crippen molar-refractivity contribution in [3.63, 3.8) is 0 Å². The van der Waals surface area contributed by atoms with E-state index < -0.39 is 29.3 Å². The normalized spacial score (nSPS) is 11.1. The third kappa shape index (κ3) is 3.66. The van der Waals surface area contributed by atoms with E-state index in [4.69, 9.17) is 21.4 Å². The Morgan fingerprint density at radius 3 is 2.56 bits per heavy atom. The lowest BCUT2D eigenvalue weighted by molar-refractivity contribution is -0.137. The van der Waals surface area contributed by atoms with Crippen LogP contribution >= 0.6 is 11.6 Å². The van der Waals surface area contributed by atoms with Gasteiger partial charge in [-0.2, -0.15) is 13.2 Å². The van der Waals surface area contributed by atoms with Crippen LogP contribution in [0.4, 0.5) is 13.2 Å². The van der Waals surface area contributed by atoms with Gasteiger partial charge >= 0.3 is 12.1 Å². The number of alkyl halides is 3. The molecule has 0 spiro atoms. The lowest BCUT2D eigenvalue weighted by Gasteiger charge is -2.11. The van der Waals surface area contributed by atoms with E-state index in [0.717, 1.165) is 6.07 Å². The zero-order valence-electron chi connectivity index (χ0n) is 8.92. The molecule has 1 rings (SSSR count). The van der Waals surface area contributed by atoms with Gasteiger partial charge in [0.15, 0.2) is 0 Å². The second-order valence-electron chi connectivity index (χ2n) is 3.34. The molecule has 18 heavy (non-hydrogen) atoms. The molecule has 0 aliphatic carbocycles. The van der Waals surface area contributed by atoms with Crippen LogP contribution in [0.25, 0.3) is 0 Å². The van der Waals surface area contributed by atoms with Crippen LogP contribution in [0, 0.1) is 0 Å². The molecule has 0 radical (unpaired) electrons. The van der Waals surface area contributed by atoms with Crippen molar-refractivity contribution in [2.24, 2.45) is 0 Å². The summed E-state index contributed by atoms with van der Waals surface area (Å²) < 4.78 is 42.4. The van der Waals surface area contributed by atoms with Gasteiger partial charge in [0.05, 0.1) is 16.2 Å². The molecule has 0 unspecified atom stereocenters. The van der Waals surface area contributed by atoms with Gasteiger partial charge < -0.3 is 9.84 Å². The molecule has 0 amide bonds. The number of ether oxygens (including phenoxy) is 1. The summed E-state index contributed by atoms with van der Waals surface area (Å²) in [5.74, 6) is -1.41. The topological polar surface area (TPSA) is 46.5 Å². The summed E-state index contributed by atoms with van der Waals surface area (Å²) in [5.41, 5.74) is -1.30. The van der Waals surface area contributed by atoms with Crippen molar-refractivity contribution in [3.05, 3.63) is 40.9 Å². The van der Waals surface area contributed by atoms with Gasteiger partial charge in [0, 0.05) is 0 Å². The minimum atomic E-state index is -4.60. The van der Waals surface area contributed by atoms with Crippen molar-refractivity contribution >= 4 is 17.6 Å². The number of carbonyl (C=O) groups is 1. The van der Waals surface area contributed by atoms with Gasteiger partial charge in [0.1, 0.15) is 12.4 Å². The highest BCUT2D eigenvalue weighted by Crippen LogP contribution is 2.36. The molecule has 1 N–H and O–H groups in total. The van der Waals surface area contributed by atoms with Crippen LogP contribution in [-0.2, 0) is 11.0 Å². The average Bonchev–Trinajstić information content (AvgIpc) is 2.25. The summed E-state index contributed by atoms with van der Waals surface area (Å²) in [6.45, 7) is 2.78. The van der Waals surface area contributed by atoms with Gasteiger partial charge in [0.25, 0.3) is 0 Å². The number of hydrogen-bond acceptors (Lipinski definition) is 2. The molecule has 98 valence electrons. The maximum atomic E-state index is 12.5. The van der Waals surface area contributed by atoms with Crippen molar-refractivity contribution in [1.82, 2.24) is 0 Å². The average molecular weight is 281 g/mol. The number of benzene rings is 1. The summed E-state index contributed by atoms with van der Waals surface area (Å²) in [6, 6.07) is 2.95. The number of hydrogen-bond donors (Lipinski definition) is 1. The van der Waals surface area contributed by atoms with E-state index in [2.05, 4.69) is 6.58 Å². The fraction of sp³-hybridized carbons (Fsp3) is 0.182. The molecule has 0 fully saturated rings. The highest BCUT2D eigenvalue weighted by molar-refractivity contribution is 6.31. The van der Waals surface area contributed by atoms with E-state index >= 15 is 0 Å². The predicted molar refractivity (Wildman–Crippen MR) is 58.7 cm³/mol. The van der Waals surface area contributed by atoms with E-state index in [1.54, 1.807) is 0 Å². The van der Waals surface area contributed by atoms with E-state index in [1.807, 2.05) is 0 Å². The second-order valence-corrected chi connectivity index (χ2v) is 3.74. The number of aliphatic carboxylic acids is 1. The van der Waals surface area contributed by atoms with Crippen LogP contribution in [0.3, 0.4) is 0 Å². The molecule has 0 aliphatic rings. The van der Waals surface area contributed by atoms with Crippen LogP contribution in [0.5, 0.6) is 5.75 Å². The van der Waals surface area contributed by atoms with E-state index in [0.29, 0.717) is 6.07 Å². The zero-order valence-corrected chi connectivity index (χ0v) is 9.68. The Morgan fingerprint density at radius 1 is 1.44 bits per heavy atom. The van der Waals surface area contributed by atoms with Crippen molar-refractivity contribution in [2.75, 3.05) is 6.61 Å². The Balaban J connectivity index is 2.86. The summed E-state index contributed by atoms with van der Waals surface area (Å²) in [6.07, 6.45) is -4.60. The number of carboxylic acid groups (broad SMARTS) is 1. The highest BCUT2D eigenvalue weighted by atomic mass is 35.5. The monoisotopic (exact) mass is 280 g/mol. The summed E-state index contributed by atoms with van der Waals surface area (Å²) >= 11 is 5.41. The van der Waals surface area contributed by atoms with E-state index in [1.165, 1.54) is 6.07 Å². The zero-order chi connectivity index (χ0) is 13.9. The van der Waals surface area contributed by atoms with Crippen LogP contribution in [0.1, 0.15) is 5.56 Å².